The van der Waals surface area contributed by atoms with Crippen molar-refractivity contribution in [3.05, 3.63) is 39.9 Å². The van der Waals surface area contributed by atoms with E-state index >= 15 is 0 Å². The Kier molecular flexibility index (Phi) is 4.54. The Labute approximate surface area is 141 Å². The van der Waals surface area contributed by atoms with E-state index in [1.807, 2.05) is 13.0 Å². The molecule has 1 fully saturated rings. The van der Waals surface area contributed by atoms with Crippen molar-refractivity contribution in [1.82, 2.24) is 24.8 Å². The van der Waals surface area contributed by atoms with Crippen molar-refractivity contribution in [3.63, 3.8) is 0 Å². The van der Waals surface area contributed by atoms with Crippen LogP contribution in [0.4, 0.5) is 0 Å². The summed E-state index contributed by atoms with van der Waals surface area (Å²) in [5, 5.41) is 8.42. The van der Waals surface area contributed by atoms with Gasteiger partial charge in [0.15, 0.2) is 5.82 Å². The van der Waals surface area contributed by atoms with Gasteiger partial charge in [-0.25, -0.2) is 4.68 Å². The van der Waals surface area contributed by atoms with Crippen LogP contribution in [0.1, 0.15) is 51.0 Å². The second-order valence-electron chi connectivity index (χ2n) is 7.49. The third kappa shape index (κ3) is 3.72. The molecule has 0 amide bonds. The monoisotopic (exact) mass is 331 g/mol. The lowest BCUT2D eigenvalue weighted by atomic mass is 9.92. The van der Waals surface area contributed by atoms with Gasteiger partial charge in [0.25, 0.3) is 5.56 Å². The van der Waals surface area contributed by atoms with Crippen molar-refractivity contribution >= 4 is 0 Å². The lowest BCUT2D eigenvalue weighted by molar-refractivity contribution is 0.189. The highest BCUT2D eigenvalue weighted by Crippen LogP contribution is 2.22. The van der Waals surface area contributed by atoms with Crippen LogP contribution in [0.3, 0.4) is 0 Å². The minimum Gasteiger partial charge on any atom is -0.338 e. The first-order valence-electron chi connectivity index (χ1n) is 8.45. The summed E-state index contributed by atoms with van der Waals surface area (Å²) in [4.78, 5) is 18.8. The van der Waals surface area contributed by atoms with E-state index in [0.29, 0.717) is 24.8 Å². The lowest BCUT2D eigenvalue weighted by Crippen LogP contribution is -2.37. The SMILES string of the molecule is Cc1noc(CN2CCCC2Cn2nc(C(C)(C)C)ccc2=O)n1. The van der Waals surface area contributed by atoms with Crippen LogP contribution in [-0.2, 0) is 18.5 Å². The van der Waals surface area contributed by atoms with E-state index in [1.165, 1.54) is 0 Å². The molecule has 24 heavy (non-hydrogen) atoms. The Balaban J connectivity index is 1.76. The summed E-state index contributed by atoms with van der Waals surface area (Å²) in [5.74, 6) is 1.28. The van der Waals surface area contributed by atoms with E-state index in [2.05, 4.69) is 40.9 Å². The van der Waals surface area contributed by atoms with Crippen LogP contribution < -0.4 is 5.56 Å². The zero-order chi connectivity index (χ0) is 17.3. The van der Waals surface area contributed by atoms with E-state index in [4.69, 9.17) is 4.52 Å². The zero-order valence-corrected chi connectivity index (χ0v) is 14.8. The van der Waals surface area contributed by atoms with Crippen molar-refractivity contribution in [2.75, 3.05) is 6.54 Å². The number of likely N-dealkylation sites (tertiary alicyclic amines) is 1. The van der Waals surface area contributed by atoms with Crippen LogP contribution in [0.25, 0.3) is 0 Å². The summed E-state index contributed by atoms with van der Waals surface area (Å²) >= 11 is 0. The molecule has 0 aromatic carbocycles. The first-order valence-corrected chi connectivity index (χ1v) is 8.45. The predicted molar refractivity (Wildman–Crippen MR) is 89.7 cm³/mol. The molecule has 0 bridgehead atoms. The first-order chi connectivity index (χ1) is 11.3. The van der Waals surface area contributed by atoms with Crippen molar-refractivity contribution in [1.29, 1.82) is 0 Å². The maximum absolute atomic E-state index is 12.2. The Bertz CT molecular complexity index is 759. The molecule has 0 spiro atoms. The number of aryl methyl sites for hydroxylation is 1. The average molecular weight is 331 g/mol. The summed E-state index contributed by atoms with van der Waals surface area (Å²) in [6.45, 7) is 10.3. The number of rotatable bonds is 4. The van der Waals surface area contributed by atoms with Gasteiger partial charge in [-0.2, -0.15) is 10.1 Å². The number of nitrogens with zero attached hydrogens (tertiary/aromatic N) is 5. The molecule has 1 atom stereocenters. The Morgan fingerprint density at radius 2 is 2.12 bits per heavy atom. The molecule has 0 N–H and O–H groups in total. The molecule has 7 nitrogen and oxygen atoms in total. The molecule has 1 unspecified atom stereocenters. The summed E-state index contributed by atoms with van der Waals surface area (Å²) in [6.07, 6.45) is 2.15. The van der Waals surface area contributed by atoms with Crippen molar-refractivity contribution in [2.24, 2.45) is 0 Å². The molecular weight excluding hydrogens is 306 g/mol. The fourth-order valence-electron chi connectivity index (χ4n) is 3.07. The highest BCUT2D eigenvalue weighted by molar-refractivity contribution is 5.10. The summed E-state index contributed by atoms with van der Waals surface area (Å²) in [7, 11) is 0. The van der Waals surface area contributed by atoms with Gasteiger partial charge in [0.1, 0.15) is 0 Å². The van der Waals surface area contributed by atoms with Gasteiger partial charge in [-0.05, 0) is 32.4 Å². The van der Waals surface area contributed by atoms with Crippen molar-refractivity contribution in [3.8, 4) is 0 Å². The van der Waals surface area contributed by atoms with E-state index in [-0.39, 0.29) is 17.0 Å². The summed E-state index contributed by atoms with van der Waals surface area (Å²) in [5.41, 5.74) is 0.800. The minimum atomic E-state index is -0.0773. The Hall–Kier alpha value is -2.02. The normalized spacial score (nSPS) is 19.1. The van der Waals surface area contributed by atoms with Crippen LogP contribution >= 0.6 is 0 Å². The van der Waals surface area contributed by atoms with Crippen molar-refractivity contribution < 1.29 is 4.52 Å². The van der Waals surface area contributed by atoms with Gasteiger partial charge in [0.2, 0.25) is 5.89 Å². The van der Waals surface area contributed by atoms with Gasteiger partial charge < -0.3 is 4.52 Å². The van der Waals surface area contributed by atoms with Gasteiger partial charge >= 0.3 is 0 Å². The highest BCUT2D eigenvalue weighted by atomic mass is 16.5. The van der Waals surface area contributed by atoms with Crippen molar-refractivity contribution in [2.45, 2.75) is 65.1 Å². The molecule has 0 saturated carbocycles. The van der Waals surface area contributed by atoms with E-state index in [0.717, 1.165) is 25.1 Å². The third-order valence-electron chi connectivity index (χ3n) is 4.43. The third-order valence-corrected chi connectivity index (χ3v) is 4.43. The molecule has 2 aromatic heterocycles. The summed E-state index contributed by atoms with van der Waals surface area (Å²) in [6, 6.07) is 3.71. The second-order valence-corrected chi connectivity index (χ2v) is 7.49. The fraction of sp³-hybridized carbons (Fsp3) is 0.647. The predicted octanol–water partition coefficient (Wildman–Crippen LogP) is 1.90. The fourth-order valence-corrected chi connectivity index (χ4v) is 3.07. The highest BCUT2D eigenvalue weighted by Gasteiger charge is 2.27. The minimum absolute atomic E-state index is 0.0523. The maximum atomic E-state index is 12.2. The first kappa shape index (κ1) is 16.8. The average Bonchev–Trinajstić information content (AvgIpc) is 3.10. The van der Waals surface area contributed by atoms with E-state index in [9.17, 15) is 4.79 Å². The van der Waals surface area contributed by atoms with Crippen LogP contribution in [0.5, 0.6) is 0 Å². The molecule has 1 aliphatic heterocycles. The Morgan fingerprint density at radius 1 is 1.33 bits per heavy atom. The standard InChI is InChI=1S/C17H25N5O2/c1-12-18-15(24-20-12)11-21-9-5-6-13(21)10-22-16(23)8-7-14(19-22)17(2,3)4/h7-8,13H,5-6,9-11H2,1-4H3. The van der Waals surface area contributed by atoms with Crippen LogP contribution in [0.15, 0.2) is 21.5 Å². The lowest BCUT2D eigenvalue weighted by Gasteiger charge is -2.24. The zero-order valence-electron chi connectivity index (χ0n) is 14.8. The van der Waals surface area contributed by atoms with Crippen LogP contribution in [-0.4, -0.2) is 37.4 Å². The smallest absolute Gasteiger partial charge is 0.266 e. The van der Waals surface area contributed by atoms with Gasteiger partial charge in [-0.3, -0.25) is 9.69 Å². The van der Waals surface area contributed by atoms with E-state index < -0.39 is 0 Å². The van der Waals surface area contributed by atoms with Crippen LogP contribution in [0, 0.1) is 6.92 Å². The molecule has 0 radical (unpaired) electrons. The molecule has 7 heteroatoms. The molecule has 3 heterocycles. The van der Waals surface area contributed by atoms with Gasteiger partial charge in [-0.15, -0.1) is 0 Å². The van der Waals surface area contributed by atoms with Gasteiger partial charge in [0, 0.05) is 17.5 Å². The maximum Gasteiger partial charge on any atom is 0.266 e. The van der Waals surface area contributed by atoms with Gasteiger partial charge in [0.05, 0.1) is 18.8 Å². The van der Waals surface area contributed by atoms with Gasteiger partial charge in [-0.1, -0.05) is 25.9 Å². The molecule has 2 aromatic rings. The Morgan fingerprint density at radius 3 is 2.79 bits per heavy atom. The van der Waals surface area contributed by atoms with E-state index in [1.54, 1.807) is 10.7 Å². The molecular formula is C17H25N5O2. The molecule has 1 aliphatic rings. The molecule has 130 valence electrons. The topological polar surface area (TPSA) is 77.0 Å². The molecule has 3 rings (SSSR count). The molecule has 1 saturated heterocycles. The number of hydrogen-bond acceptors (Lipinski definition) is 6. The summed E-state index contributed by atoms with van der Waals surface area (Å²) < 4.78 is 6.83. The largest absolute Gasteiger partial charge is 0.338 e. The quantitative estimate of drug-likeness (QED) is 0.851. The van der Waals surface area contributed by atoms with Crippen LogP contribution in [0.2, 0.25) is 0 Å². The molecule has 0 aliphatic carbocycles. The second kappa shape index (κ2) is 6.47. The number of hydrogen-bond donors (Lipinski definition) is 0. The number of aromatic nitrogens is 4.